The standard InChI is InChI=1S/C12H21N3O/c1-5-7(2)9(13)11-14-10(15-16-11)8-6-12(8,3)4/h7-9H,5-6,13H2,1-4H3/t7-,8?,9-/m0/s1. The summed E-state index contributed by atoms with van der Waals surface area (Å²) in [5, 5.41) is 4.05. The average Bonchev–Trinajstić information content (AvgIpc) is 2.68. The van der Waals surface area contributed by atoms with Gasteiger partial charge in [-0.2, -0.15) is 4.98 Å². The Bertz CT molecular complexity index is 372. The van der Waals surface area contributed by atoms with E-state index in [0.29, 0.717) is 23.1 Å². The summed E-state index contributed by atoms with van der Waals surface area (Å²) in [4.78, 5) is 4.43. The Hall–Kier alpha value is -0.900. The average molecular weight is 223 g/mol. The fourth-order valence-electron chi connectivity index (χ4n) is 1.93. The normalized spacial score (nSPS) is 26.4. The van der Waals surface area contributed by atoms with E-state index in [4.69, 9.17) is 10.3 Å². The van der Waals surface area contributed by atoms with Crippen molar-refractivity contribution < 1.29 is 4.52 Å². The number of nitrogens with zero attached hydrogens (tertiary/aromatic N) is 2. The first-order chi connectivity index (χ1) is 7.45. The van der Waals surface area contributed by atoms with Crippen LogP contribution in [0.1, 0.15) is 64.2 Å². The molecule has 0 amide bonds. The molecule has 4 heteroatoms. The SMILES string of the molecule is CC[C@H](C)[C@H](N)c1nc(C2CC2(C)C)no1. The smallest absolute Gasteiger partial charge is 0.243 e. The van der Waals surface area contributed by atoms with Crippen molar-refractivity contribution in [1.29, 1.82) is 0 Å². The molecule has 1 aromatic heterocycles. The van der Waals surface area contributed by atoms with E-state index in [1.54, 1.807) is 0 Å². The van der Waals surface area contributed by atoms with Crippen molar-refractivity contribution in [3.8, 4) is 0 Å². The van der Waals surface area contributed by atoms with Gasteiger partial charge in [0.05, 0.1) is 6.04 Å². The minimum absolute atomic E-state index is 0.131. The molecule has 1 aliphatic carbocycles. The molecule has 16 heavy (non-hydrogen) atoms. The molecule has 0 aromatic carbocycles. The highest BCUT2D eigenvalue weighted by molar-refractivity contribution is 5.14. The van der Waals surface area contributed by atoms with Crippen LogP contribution in [-0.2, 0) is 0 Å². The van der Waals surface area contributed by atoms with Gasteiger partial charge in [-0.1, -0.05) is 39.3 Å². The fourth-order valence-corrected chi connectivity index (χ4v) is 1.93. The van der Waals surface area contributed by atoms with E-state index in [-0.39, 0.29) is 6.04 Å². The lowest BCUT2D eigenvalue weighted by molar-refractivity contribution is 0.310. The third-order valence-corrected chi connectivity index (χ3v) is 3.82. The predicted molar refractivity (Wildman–Crippen MR) is 61.8 cm³/mol. The predicted octanol–water partition coefficient (Wildman–Crippen LogP) is 2.63. The molecule has 1 aliphatic rings. The fraction of sp³-hybridized carbons (Fsp3) is 0.833. The van der Waals surface area contributed by atoms with E-state index < -0.39 is 0 Å². The first-order valence-electron chi connectivity index (χ1n) is 6.04. The van der Waals surface area contributed by atoms with Crippen LogP contribution >= 0.6 is 0 Å². The summed E-state index contributed by atoms with van der Waals surface area (Å²) in [6.07, 6.45) is 2.17. The molecular weight excluding hydrogens is 202 g/mol. The molecule has 1 aromatic rings. The summed E-state index contributed by atoms with van der Waals surface area (Å²) < 4.78 is 5.26. The summed E-state index contributed by atoms with van der Waals surface area (Å²) in [6.45, 7) is 8.67. The minimum Gasteiger partial charge on any atom is -0.338 e. The molecule has 0 aliphatic heterocycles. The molecule has 1 fully saturated rings. The van der Waals surface area contributed by atoms with E-state index in [2.05, 4.69) is 37.8 Å². The number of hydrogen-bond acceptors (Lipinski definition) is 4. The Morgan fingerprint density at radius 3 is 2.69 bits per heavy atom. The molecule has 0 bridgehead atoms. The van der Waals surface area contributed by atoms with Gasteiger partial charge in [0.1, 0.15) is 0 Å². The van der Waals surface area contributed by atoms with E-state index in [1.165, 1.54) is 0 Å². The quantitative estimate of drug-likeness (QED) is 0.852. The maximum atomic E-state index is 6.05. The maximum absolute atomic E-state index is 6.05. The topological polar surface area (TPSA) is 64.9 Å². The van der Waals surface area contributed by atoms with E-state index in [1.807, 2.05) is 0 Å². The van der Waals surface area contributed by atoms with E-state index >= 15 is 0 Å². The Morgan fingerprint density at radius 1 is 1.56 bits per heavy atom. The summed E-state index contributed by atoms with van der Waals surface area (Å²) in [6, 6.07) is -0.131. The Morgan fingerprint density at radius 2 is 2.19 bits per heavy atom. The molecule has 1 heterocycles. The second-order valence-corrected chi connectivity index (χ2v) is 5.65. The number of rotatable bonds is 4. The molecule has 90 valence electrons. The number of nitrogens with two attached hydrogens (primary N) is 1. The van der Waals surface area contributed by atoms with Gasteiger partial charge >= 0.3 is 0 Å². The summed E-state index contributed by atoms with van der Waals surface area (Å²) >= 11 is 0. The van der Waals surface area contributed by atoms with Gasteiger partial charge in [-0.15, -0.1) is 0 Å². The highest BCUT2D eigenvalue weighted by Crippen LogP contribution is 2.57. The van der Waals surface area contributed by atoms with Crippen LogP contribution < -0.4 is 5.73 Å². The highest BCUT2D eigenvalue weighted by Gasteiger charge is 2.49. The Balaban J connectivity index is 2.08. The molecule has 4 nitrogen and oxygen atoms in total. The first-order valence-corrected chi connectivity index (χ1v) is 6.04. The van der Waals surface area contributed by atoms with Crippen LogP contribution in [0.5, 0.6) is 0 Å². The van der Waals surface area contributed by atoms with Crippen molar-refractivity contribution in [3.05, 3.63) is 11.7 Å². The molecule has 1 unspecified atom stereocenters. The molecular formula is C12H21N3O. The van der Waals surface area contributed by atoms with Crippen LogP contribution in [0.15, 0.2) is 4.52 Å². The zero-order valence-electron chi connectivity index (χ0n) is 10.5. The second kappa shape index (κ2) is 3.84. The van der Waals surface area contributed by atoms with Crippen LogP contribution in [0, 0.1) is 11.3 Å². The lowest BCUT2D eigenvalue weighted by Crippen LogP contribution is -2.18. The molecule has 1 saturated carbocycles. The molecule has 2 rings (SSSR count). The van der Waals surface area contributed by atoms with Crippen LogP contribution in [0.4, 0.5) is 0 Å². The Kier molecular flexibility index (Phi) is 2.78. The highest BCUT2D eigenvalue weighted by atomic mass is 16.5. The van der Waals surface area contributed by atoms with Crippen LogP contribution in [0.2, 0.25) is 0 Å². The van der Waals surface area contributed by atoms with Gasteiger partial charge in [-0.3, -0.25) is 0 Å². The summed E-state index contributed by atoms with van der Waals surface area (Å²) in [7, 11) is 0. The molecule has 0 saturated heterocycles. The van der Waals surface area contributed by atoms with Crippen molar-refractivity contribution in [1.82, 2.24) is 10.1 Å². The van der Waals surface area contributed by atoms with E-state index in [0.717, 1.165) is 18.7 Å². The zero-order valence-corrected chi connectivity index (χ0v) is 10.5. The van der Waals surface area contributed by atoms with E-state index in [9.17, 15) is 0 Å². The van der Waals surface area contributed by atoms with Gasteiger partial charge < -0.3 is 10.3 Å². The zero-order chi connectivity index (χ0) is 11.9. The van der Waals surface area contributed by atoms with Crippen molar-refractivity contribution >= 4 is 0 Å². The second-order valence-electron chi connectivity index (χ2n) is 5.65. The number of hydrogen-bond donors (Lipinski definition) is 1. The minimum atomic E-state index is -0.131. The molecule has 2 N–H and O–H groups in total. The van der Waals surface area contributed by atoms with Crippen molar-refractivity contribution in [2.75, 3.05) is 0 Å². The summed E-state index contributed by atoms with van der Waals surface area (Å²) in [5.41, 5.74) is 6.39. The van der Waals surface area contributed by atoms with Crippen molar-refractivity contribution in [3.63, 3.8) is 0 Å². The maximum Gasteiger partial charge on any atom is 0.243 e. The van der Waals surface area contributed by atoms with Gasteiger partial charge in [0, 0.05) is 5.92 Å². The van der Waals surface area contributed by atoms with Crippen LogP contribution in [0.25, 0.3) is 0 Å². The van der Waals surface area contributed by atoms with Crippen molar-refractivity contribution in [2.24, 2.45) is 17.1 Å². The Labute approximate surface area is 96.6 Å². The molecule has 0 radical (unpaired) electrons. The third kappa shape index (κ3) is 1.98. The lowest BCUT2D eigenvalue weighted by Gasteiger charge is -2.12. The monoisotopic (exact) mass is 223 g/mol. The van der Waals surface area contributed by atoms with Gasteiger partial charge in [0.15, 0.2) is 5.82 Å². The molecule has 3 atom stereocenters. The van der Waals surface area contributed by atoms with Gasteiger partial charge in [0.2, 0.25) is 5.89 Å². The first kappa shape index (κ1) is 11.6. The largest absolute Gasteiger partial charge is 0.338 e. The lowest BCUT2D eigenvalue weighted by atomic mass is 10.0. The van der Waals surface area contributed by atoms with Gasteiger partial charge in [0.25, 0.3) is 0 Å². The van der Waals surface area contributed by atoms with Crippen LogP contribution in [-0.4, -0.2) is 10.1 Å². The van der Waals surface area contributed by atoms with Gasteiger partial charge in [-0.05, 0) is 17.8 Å². The molecule has 0 spiro atoms. The van der Waals surface area contributed by atoms with Crippen molar-refractivity contribution in [2.45, 2.75) is 52.5 Å². The summed E-state index contributed by atoms with van der Waals surface area (Å²) in [5.74, 6) is 2.25. The van der Waals surface area contributed by atoms with Crippen LogP contribution in [0.3, 0.4) is 0 Å². The third-order valence-electron chi connectivity index (χ3n) is 3.82. The van der Waals surface area contributed by atoms with Gasteiger partial charge in [-0.25, -0.2) is 0 Å². The number of aromatic nitrogens is 2.